The average molecular weight is 256 g/mol. The van der Waals surface area contributed by atoms with Crippen molar-refractivity contribution in [3.05, 3.63) is 59.2 Å². The number of phenolic OH excluding ortho intramolecular Hbond substituents is 1. The van der Waals surface area contributed by atoms with Crippen LogP contribution in [0.25, 0.3) is 0 Å². The number of methoxy groups -OCH3 is 1. The summed E-state index contributed by atoms with van der Waals surface area (Å²) in [4.78, 5) is 11.8. The van der Waals surface area contributed by atoms with Gasteiger partial charge in [-0.15, -0.1) is 0 Å². The highest BCUT2D eigenvalue weighted by Gasteiger charge is 2.32. The molecule has 0 aliphatic carbocycles. The minimum Gasteiger partial charge on any atom is -0.504 e. The number of benzene rings is 2. The van der Waals surface area contributed by atoms with Crippen LogP contribution in [0.3, 0.4) is 0 Å². The summed E-state index contributed by atoms with van der Waals surface area (Å²) in [6, 6.07) is 12.2. The molecule has 1 N–H and O–H groups in total. The van der Waals surface area contributed by atoms with Gasteiger partial charge < -0.3 is 14.6 Å². The second kappa shape index (κ2) is 4.31. The average Bonchev–Trinajstić information content (AvgIpc) is 2.77. The minimum atomic E-state index is -0.446. The van der Waals surface area contributed by atoms with E-state index in [9.17, 15) is 9.90 Å². The number of cyclic esters (lactones) is 1. The molecule has 1 atom stereocenters. The number of carbonyl (C=O) groups excluding carboxylic acids is 1. The maximum Gasteiger partial charge on any atom is 0.339 e. The largest absolute Gasteiger partial charge is 0.504 e. The maximum absolute atomic E-state index is 11.8. The standard InChI is InChI=1S/C15H12O4/c1-18-13-8-9(6-7-12(13)16)14-10-4-2-3-5-11(10)15(17)19-14/h2-8,14,16H,1H3. The van der Waals surface area contributed by atoms with Gasteiger partial charge in [-0.2, -0.15) is 0 Å². The first-order valence-corrected chi connectivity index (χ1v) is 5.87. The van der Waals surface area contributed by atoms with Crippen LogP contribution >= 0.6 is 0 Å². The molecule has 1 heterocycles. The van der Waals surface area contributed by atoms with Crippen LogP contribution in [0.15, 0.2) is 42.5 Å². The van der Waals surface area contributed by atoms with E-state index in [0.717, 1.165) is 11.1 Å². The molecule has 0 fully saturated rings. The first-order valence-electron chi connectivity index (χ1n) is 5.87. The molecule has 0 radical (unpaired) electrons. The first-order chi connectivity index (χ1) is 9.20. The van der Waals surface area contributed by atoms with E-state index in [4.69, 9.17) is 9.47 Å². The SMILES string of the molecule is COc1cc(C2OC(=O)c3ccccc32)ccc1O. The lowest BCUT2D eigenvalue weighted by Crippen LogP contribution is -2.01. The maximum atomic E-state index is 11.8. The Morgan fingerprint density at radius 3 is 2.79 bits per heavy atom. The van der Waals surface area contributed by atoms with Gasteiger partial charge in [0.1, 0.15) is 0 Å². The summed E-state index contributed by atoms with van der Waals surface area (Å²) in [5.74, 6) is 0.0921. The van der Waals surface area contributed by atoms with E-state index >= 15 is 0 Å². The van der Waals surface area contributed by atoms with Crippen molar-refractivity contribution >= 4 is 5.97 Å². The molecule has 3 rings (SSSR count). The van der Waals surface area contributed by atoms with E-state index in [1.165, 1.54) is 13.2 Å². The molecule has 4 nitrogen and oxygen atoms in total. The van der Waals surface area contributed by atoms with E-state index in [1.807, 2.05) is 12.1 Å². The van der Waals surface area contributed by atoms with Crippen LogP contribution in [0.5, 0.6) is 11.5 Å². The summed E-state index contributed by atoms with van der Waals surface area (Å²) < 4.78 is 10.5. The van der Waals surface area contributed by atoms with E-state index in [0.29, 0.717) is 11.3 Å². The molecule has 1 aliphatic rings. The first kappa shape index (κ1) is 11.6. The van der Waals surface area contributed by atoms with Gasteiger partial charge in [0.2, 0.25) is 0 Å². The highest BCUT2D eigenvalue weighted by Crippen LogP contribution is 2.38. The van der Waals surface area contributed by atoms with E-state index in [2.05, 4.69) is 0 Å². The van der Waals surface area contributed by atoms with Crippen molar-refractivity contribution in [3.63, 3.8) is 0 Å². The smallest absolute Gasteiger partial charge is 0.339 e. The number of hydrogen-bond acceptors (Lipinski definition) is 4. The zero-order valence-corrected chi connectivity index (χ0v) is 10.3. The molecule has 0 saturated carbocycles. The quantitative estimate of drug-likeness (QED) is 0.839. The third kappa shape index (κ3) is 1.81. The Balaban J connectivity index is 2.07. The molecule has 0 spiro atoms. The predicted molar refractivity (Wildman–Crippen MR) is 68.4 cm³/mol. The van der Waals surface area contributed by atoms with Crippen LogP contribution in [0.2, 0.25) is 0 Å². The van der Waals surface area contributed by atoms with Crippen molar-refractivity contribution in [2.24, 2.45) is 0 Å². The summed E-state index contributed by atoms with van der Waals surface area (Å²) in [7, 11) is 1.48. The van der Waals surface area contributed by atoms with Gasteiger partial charge in [-0.3, -0.25) is 0 Å². The Hall–Kier alpha value is -2.49. The Morgan fingerprint density at radius 2 is 2.00 bits per heavy atom. The van der Waals surface area contributed by atoms with E-state index < -0.39 is 6.10 Å². The van der Waals surface area contributed by atoms with Gasteiger partial charge in [0.05, 0.1) is 12.7 Å². The second-order valence-electron chi connectivity index (χ2n) is 4.30. The van der Waals surface area contributed by atoms with Gasteiger partial charge in [-0.05, 0) is 18.2 Å². The van der Waals surface area contributed by atoms with Crippen molar-refractivity contribution in [2.75, 3.05) is 7.11 Å². The van der Waals surface area contributed by atoms with Gasteiger partial charge in [0, 0.05) is 11.1 Å². The number of rotatable bonds is 2. The number of esters is 1. The van der Waals surface area contributed by atoms with Crippen LogP contribution < -0.4 is 4.74 Å². The Kier molecular flexibility index (Phi) is 2.63. The topological polar surface area (TPSA) is 55.8 Å². The summed E-state index contributed by atoms with van der Waals surface area (Å²) in [6.07, 6.45) is -0.446. The fourth-order valence-corrected chi connectivity index (χ4v) is 2.25. The van der Waals surface area contributed by atoms with Gasteiger partial charge >= 0.3 is 5.97 Å². The van der Waals surface area contributed by atoms with Crippen molar-refractivity contribution in [1.29, 1.82) is 0 Å². The molecule has 2 aromatic carbocycles. The second-order valence-corrected chi connectivity index (χ2v) is 4.30. The predicted octanol–water partition coefficient (Wildman–Crippen LogP) is 2.66. The minimum absolute atomic E-state index is 0.0591. The summed E-state index contributed by atoms with van der Waals surface area (Å²) in [5.41, 5.74) is 2.19. The fourth-order valence-electron chi connectivity index (χ4n) is 2.25. The van der Waals surface area contributed by atoms with Crippen LogP contribution in [0, 0.1) is 0 Å². The Labute approximate surface area is 110 Å². The van der Waals surface area contributed by atoms with Crippen molar-refractivity contribution in [1.82, 2.24) is 0 Å². The molecule has 0 saturated heterocycles. The summed E-state index contributed by atoms with van der Waals surface area (Å²) >= 11 is 0. The number of fused-ring (bicyclic) bond motifs is 1. The Morgan fingerprint density at radius 1 is 1.21 bits per heavy atom. The van der Waals surface area contributed by atoms with Crippen molar-refractivity contribution < 1.29 is 19.4 Å². The monoisotopic (exact) mass is 256 g/mol. The van der Waals surface area contributed by atoms with Crippen molar-refractivity contribution in [3.8, 4) is 11.5 Å². The van der Waals surface area contributed by atoms with Gasteiger partial charge in [0.15, 0.2) is 17.6 Å². The molecule has 0 amide bonds. The molecule has 96 valence electrons. The zero-order valence-electron chi connectivity index (χ0n) is 10.3. The number of aromatic hydroxyl groups is 1. The highest BCUT2D eigenvalue weighted by molar-refractivity contribution is 5.94. The van der Waals surface area contributed by atoms with Crippen LogP contribution in [0.4, 0.5) is 0 Å². The molecular weight excluding hydrogens is 244 g/mol. The molecule has 1 unspecified atom stereocenters. The third-order valence-corrected chi connectivity index (χ3v) is 3.19. The molecule has 0 bridgehead atoms. The van der Waals surface area contributed by atoms with Crippen LogP contribution in [-0.4, -0.2) is 18.2 Å². The summed E-state index contributed by atoms with van der Waals surface area (Å²) in [6.45, 7) is 0. The van der Waals surface area contributed by atoms with Crippen LogP contribution in [0.1, 0.15) is 27.6 Å². The molecule has 19 heavy (non-hydrogen) atoms. The number of ether oxygens (including phenoxy) is 2. The highest BCUT2D eigenvalue weighted by atomic mass is 16.5. The molecule has 4 heteroatoms. The van der Waals surface area contributed by atoms with Gasteiger partial charge in [-0.1, -0.05) is 24.3 Å². The normalized spacial score (nSPS) is 16.9. The number of hydrogen-bond donors (Lipinski definition) is 1. The number of phenols is 1. The number of carbonyl (C=O) groups is 1. The van der Waals surface area contributed by atoms with Crippen LogP contribution in [-0.2, 0) is 4.74 Å². The van der Waals surface area contributed by atoms with Gasteiger partial charge in [-0.25, -0.2) is 4.79 Å². The lowest BCUT2D eigenvalue weighted by molar-refractivity contribution is 0.0455. The lowest BCUT2D eigenvalue weighted by Gasteiger charge is -2.13. The molecular formula is C15H12O4. The van der Waals surface area contributed by atoms with E-state index in [1.54, 1.807) is 24.3 Å². The lowest BCUT2D eigenvalue weighted by atomic mass is 9.99. The zero-order chi connectivity index (χ0) is 13.4. The van der Waals surface area contributed by atoms with Gasteiger partial charge in [0.25, 0.3) is 0 Å². The van der Waals surface area contributed by atoms with E-state index in [-0.39, 0.29) is 11.7 Å². The molecule has 0 aromatic heterocycles. The fraction of sp³-hybridized carbons (Fsp3) is 0.133. The Bertz CT molecular complexity index is 648. The third-order valence-electron chi connectivity index (χ3n) is 3.19. The molecule has 1 aliphatic heterocycles. The summed E-state index contributed by atoms with van der Waals surface area (Å²) in [5, 5.41) is 9.59. The van der Waals surface area contributed by atoms with Crippen molar-refractivity contribution in [2.45, 2.75) is 6.10 Å². The molecule has 2 aromatic rings.